The summed E-state index contributed by atoms with van der Waals surface area (Å²) < 4.78 is 1.74. The van der Waals surface area contributed by atoms with Crippen LogP contribution in [0.1, 0.15) is 30.4 Å². The van der Waals surface area contributed by atoms with Crippen LogP contribution in [0.2, 0.25) is 0 Å². The van der Waals surface area contributed by atoms with Crippen molar-refractivity contribution in [2.75, 3.05) is 12.8 Å². The van der Waals surface area contributed by atoms with Gasteiger partial charge in [0.05, 0.1) is 0 Å². The summed E-state index contributed by atoms with van der Waals surface area (Å²) in [5.41, 5.74) is 2.66. The lowest BCUT2D eigenvalue weighted by Crippen LogP contribution is -2.43. The molecule has 0 unspecified atom stereocenters. The van der Waals surface area contributed by atoms with E-state index in [0.717, 1.165) is 13.1 Å². The molecule has 1 saturated carbocycles. The Morgan fingerprint density at radius 3 is 2.71 bits per heavy atom. The molecule has 1 N–H and O–H groups in total. The van der Waals surface area contributed by atoms with Gasteiger partial charge >= 0.3 is 0 Å². The molecule has 0 spiro atoms. The minimum Gasteiger partial charge on any atom is -0.311 e. The number of halogens is 1. The lowest BCUT2D eigenvalue weighted by molar-refractivity contribution is 0.345. The highest BCUT2D eigenvalue weighted by Crippen LogP contribution is 2.42. The van der Waals surface area contributed by atoms with E-state index in [0.29, 0.717) is 4.75 Å². The van der Waals surface area contributed by atoms with Crippen molar-refractivity contribution in [3.05, 3.63) is 33.8 Å². The van der Waals surface area contributed by atoms with E-state index in [9.17, 15) is 0 Å². The highest BCUT2D eigenvalue weighted by atomic mass is 79.9. The molecule has 17 heavy (non-hydrogen) atoms. The van der Waals surface area contributed by atoms with E-state index in [-0.39, 0.29) is 0 Å². The van der Waals surface area contributed by atoms with Gasteiger partial charge in [-0.15, -0.1) is 0 Å². The molecule has 1 nitrogen and oxygen atoms in total. The monoisotopic (exact) mass is 313 g/mol. The Kier molecular flexibility index (Phi) is 4.56. The topological polar surface area (TPSA) is 12.0 Å². The molecule has 1 aromatic rings. The Morgan fingerprint density at radius 2 is 2.18 bits per heavy atom. The third-order valence-corrected chi connectivity index (χ3v) is 5.98. The Morgan fingerprint density at radius 1 is 1.41 bits per heavy atom. The van der Waals surface area contributed by atoms with Crippen LogP contribution in [0.15, 0.2) is 22.7 Å². The Bertz CT molecular complexity index is 382. The van der Waals surface area contributed by atoms with Crippen molar-refractivity contribution < 1.29 is 0 Å². The van der Waals surface area contributed by atoms with E-state index in [4.69, 9.17) is 0 Å². The molecular formula is C14H20BrNS. The quantitative estimate of drug-likeness (QED) is 0.877. The van der Waals surface area contributed by atoms with Crippen molar-refractivity contribution in [2.24, 2.45) is 0 Å². The maximum atomic E-state index is 3.60. The predicted octanol–water partition coefficient (Wildman–Crippen LogP) is 4.13. The molecule has 3 heteroatoms. The Balaban J connectivity index is 1.83. The molecule has 1 aromatic carbocycles. The van der Waals surface area contributed by atoms with Crippen LogP contribution in [0.25, 0.3) is 0 Å². The van der Waals surface area contributed by atoms with Crippen LogP contribution in [-0.2, 0) is 6.54 Å². The fraction of sp³-hybridized carbons (Fsp3) is 0.571. The fourth-order valence-corrected chi connectivity index (χ4v) is 3.57. The second kappa shape index (κ2) is 5.77. The van der Waals surface area contributed by atoms with Crippen LogP contribution in [0.5, 0.6) is 0 Å². The standard InChI is InChI=1S/C14H20BrNS/c1-11-4-5-12(8-13(11)15)9-16-10-14(17-2)6-3-7-14/h4-5,8,16H,3,6-7,9-10H2,1-2H3. The molecule has 0 saturated heterocycles. The Hall–Kier alpha value is 0.01000. The summed E-state index contributed by atoms with van der Waals surface area (Å²) in [6.45, 7) is 4.24. The maximum absolute atomic E-state index is 3.60. The lowest BCUT2D eigenvalue weighted by Gasteiger charge is -2.40. The summed E-state index contributed by atoms with van der Waals surface area (Å²) in [7, 11) is 0. The average Bonchev–Trinajstić information content (AvgIpc) is 2.27. The summed E-state index contributed by atoms with van der Waals surface area (Å²) in [5, 5.41) is 3.60. The average molecular weight is 314 g/mol. The van der Waals surface area contributed by atoms with Gasteiger partial charge in [-0.05, 0) is 43.2 Å². The molecular weight excluding hydrogens is 294 g/mol. The molecule has 2 rings (SSSR count). The van der Waals surface area contributed by atoms with E-state index >= 15 is 0 Å². The first kappa shape index (κ1) is 13.4. The molecule has 0 bridgehead atoms. The molecule has 1 aliphatic rings. The number of hydrogen-bond donors (Lipinski definition) is 1. The number of hydrogen-bond acceptors (Lipinski definition) is 2. The second-order valence-corrected chi connectivity index (χ2v) is 7.06. The summed E-state index contributed by atoms with van der Waals surface area (Å²) in [6.07, 6.45) is 6.39. The van der Waals surface area contributed by atoms with E-state index in [1.807, 2.05) is 11.8 Å². The Labute approximate surface area is 117 Å². The number of aryl methyl sites for hydroxylation is 1. The summed E-state index contributed by atoms with van der Waals surface area (Å²) in [6, 6.07) is 6.60. The van der Waals surface area contributed by atoms with Gasteiger partial charge in [-0.25, -0.2) is 0 Å². The van der Waals surface area contributed by atoms with Crippen molar-refractivity contribution >= 4 is 27.7 Å². The van der Waals surface area contributed by atoms with Crippen molar-refractivity contribution in [3.63, 3.8) is 0 Å². The summed E-state index contributed by atoms with van der Waals surface area (Å²) in [5.74, 6) is 0. The molecule has 0 heterocycles. The smallest absolute Gasteiger partial charge is 0.0281 e. The van der Waals surface area contributed by atoms with Crippen molar-refractivity contribution in [1.29, 1.82) is 0 Å². The van der Waals surface area contributed by atoms with Gasteiger partial charge in [0.2, 0.25) is 0 Å². The first-order chi connectivity index (χ1) is 8.15. The number of rotatable bonds is 5. The SMILES string of the molecule is CSC1(CNCc2ccc(C)c(Br)c2)CCC1. The van der Waals surface area contributed by atoms with Gasteiger partial charge in [0, 0.05) is 22.3 Å². The van der Waals surface area contributed by atoms with Crippen LogP contribution < -0.4 is 5.32 Å². The molecule has 94 valence electrons. The number of benzene rings is 1. The zero-order valence-electron chi connectivity index (χ0n) is 10.6. The van der Waals surface area contributed by atoms with Crippen LogP contribution in [0.3, 0.4) is 0 Å². The first-order valence-corrected chi connectivity index (χ1v) is 8.18. The van der Waals surface area contributed by atoms with Gasteiger partial charge in [-0.1, -0.05) is 34.5 Å². The van der Waals surface area contributed by atoms with Crippen LogP contribution in [0, 0.1) is 6.92 Å². The van der Waals surface area contributed by atoms with Crippen molar-refractivity contribution in [3.8, 4) is 0 Å². The molecule has 0 radical (unpaired) electrons. The van der Waals surface area contributed by atoms with E-state index in [2.05, 4.69) is 52.6 Å². The highest BCUT2D eigenvalue weighted by Gasteiger charge is 2.35. The van der Waals surface area contributed by atoms with Crippen molar-refractivity contribution in [1.82, 2.24) is 5.32 Å². The highest BCUT2D eigenvalue weighted by molar-refractivity contribution is 9.10. The number of thioether (sulfide) groups is 1. The lowest BCUT2D eigenvalue weighted by atomic mass is 9.84. The van der Waals surface area contributed by atoms with Gasteiger partial charge in [0.25, 0.3) is 0 Å². The largest absolute Gasteiger partial charge is 0.311 e. The summed E-state index contributed by atoms with van der Waals surface area (Å²) >= 11 is 5.61. The van der Waals surface area contributed by atoms with Crippen LogP contribution in [-0.4, -0.2) is 17.5 Å². The molecule has 0 aliphatic heterocycles. The van der Waals surface area contributed by atoms with Crippen LogP contribution >= 0.6 is 27.7 Å². The van der Waals surface area contributed by atoms with Crippen LogP contribution in [0.4, 0.5) is 0 Å². The van der Waals surface area contributed by atoms with E-state index in [1.54, 1.807) is 0 Å². The molecule has 0 aromatic heterocycles. The fourth-order valence-electron chi connectivity index (χ4n) is 2.21. The van der Waals surface area contributed by atoms with Gasteiger partial charge < -0.3 is 5.32 Å². The predicted molar refractivity (Wildman–Crippen MR) is 80.7 cm³/mol. The third-order valence-electron chi connectivity index (χ3n) is 3.71. The minimum atomic E-state index is 0.530. The maximum Gasteiger partial charge on any atom is 0.0281 e. The normalized spacial score (nSPS) is 17.8. The van der Waals surface area contributed by atoms with Gasteiger partial charge in [0.15, 0.2) is 0 Å². The third kappa shape index (κ3) is 3.27. The molecule has 0 amide bonds. The molecule has 0 atom stereocenters. The molecule has 1 fully saturated rings. The summed E-state index contributed by atoms with van der Waals surface area (Å²) in [4.78, 5) is 0. The van der Waals surface area contributed by atoms with E-state index < -0.39 is 0 Å². The van der Waals surface area contributed by atoms with Gasteiger partial charge in [-0.2, -0.15) is 11.8 Å². The van der Waals surface area contributed by atoms with E-state index in [1.165, 1.54) is 34.9 Å². The van der Waals surface area contributed by atoms with Gasteiger partial charge in [-0.3, -0.25) is 0 Å². The zero-order chi connectivity index (χ0) is 12.3. The minimum absolute atomic E-state index is 0.530. The zero-order valence-corrected chi connectivity index (χ0v) is 13.0. The van der Waals surface area contributed by atoms with Crippen molar-refractivity contribution in [2.45, 2.75) is 37.5 Å². The first-order valence-electron chi connectivity index (χ1n) is 6.16. The molecule has 1 aliphatic carbocycles. The number of nitrogens with one attached hydrogen (secondary N) is 1. The van der Waals surface area contributed by atoms with Gasteiger partial charge in [0.1, 0.15) is 0 Å². The second-order valence-electron chi connectivity index (χ2n) is 4.93.